The summed E-state index contributed by atoms with van der Waals surface area (Å²) in [6.07, 6.45) is 5.37. The first-order valence-corrected chi connectivity index (χ1v) is 19.1. The lowest BCUT2D eigenvalue weighted by atomic mass is 9.80. The van der Waals surface area contributed by atoms with Gasteiger partial charge in [-0.25, -0.2) is 9.08 Å². The van der Waals surface area contributed by atoms with E-state index in [1.165, 1.54) is 16.7 Å². The van der Waals surface area contributed by atoms with Crippen molar-refractivity contribution in [3.8, 4) is 0 Å². The van der Waals surface area contributed by atoms with Gasteiger partial charge in [0.2, 0.25) is 17.6 Å². The predicted octanol–water partition coefficient (Wildman–Crippen LogP) is 4.96. The van der Waals surface area contributed by atoms with Crippen molar-refractivity contribution < 1.29 is 28.3 Å². The summed E-state index contributed by atoms with van der Waals surface area (Å²) in [6, 6.07) is -3.89. The van der Waals surface area contributed by atoms with Crippen LogP contribution in [0.25, 0.3) is 0 Å². The van der Waals surface area contributed by atoms with Gasteiger partial charge in [-0.3, -0.25) is 23.5 Å². The number of hydrogen-bond acceptors (Lipinski definition) is 10. The summed E-state index contributed by atoms with van der Waals surface area (Å²) < 4.78 is 7.80. The Morgan fingerprint density at radius 3 is 2.04 bits per heavy atom. The van der Waals surface area contributed by atoms with Crippen LogP contribution in [0.4, 0.5) is 4.79 Å². The molecule has 0 aromatic rings. The van der Waals surface area contributed by atoms with Gasteiger partial charge in [0.1, 0.15) is 24.3 Å². The SMILES string of the molecule is C=C(S/C=C\C)N(C)SON(CC)CC(NC(=O)NC(C(=O)N(CC)C(CC)C(=O)NC(CC1CCC1)C(=O)C(N)=O)C(C)(C)C)C(C)(C)C. The minimum atomic E-state index is -1.10. The average molecular weight is 742 g/mol. The van der Waals surface area contributed by atoms with Crippen molar-refractivity contribution in [2.75, 3.05) is 26.7 Å². The second kappa shape index (κ2) is 20.9. The van der Waals surface area contributed by atoms with Crippen molar-refractivity contribution >= 4 is 53.5 Å². The highest BCUT2D eigenvalue weighted by Crippen LogP contribution is 2.31. The first-order valence-electron chi connectivity index (χ1n) is 17.5. The number of primary amides is 1. The summed E-state index contributed by atoms with van der Waals surface area (Å²) in [4.78, 5) is 67.3. The molecule has 0 aromatic heterocycles. The summed E-state index contributed by atoms with van der Waals surface area (Å²) in [7, 11) is 1.86. The van der Waals surface area contributed by atoms with Crippen LogP contribution in [-0.4, -0.2) is 94.7 Å². The number of nitrogens with zero attached hydrogens (tertiary/aromatic N) is 3. The molecule has 50 heavy (non-hydrogen) atoms. The number of amides is 5. The minimum absolute atomic E-state index is 0.177. The maximum Gasteiger partial charge on any atom is 0.315 e. The van der Waals surface area contributed by atoms with Crippen molar-refractivity contribution in [1.29, 1.82) is 0 Å². The maximum atomic E-state index is 14.2. The molecule has 0 heterocycles. The Morgan fingerprint density at radius 2 is 1.60 bits per heavy atom. The predicted molar refractivity (Wildman–Crippen MR) is 203 cm³/mol. The van der Waals surface area contributed by atoms with E-state index in [2.05, 4.69) is 22.5 Å². The van der Waals surface area contributed by atoms with Gasteiger partial charge >= 0.3 is 6.03 Å². The normalized spacial score (nSPS) is 16.2. The molecule has 5 N–H and O–H groups in total. The molecule has 0 aliphatic heterocycles. The number of carbonyl (C=O) groups is 5. The van der Waals surface area contributed by atoms with E-state index < -0.39 is 53.1 Å². The fraction of sp³-hybridized carbons (Fsp3) is 0.743. The standard InChI is InChI=1S/C35H63N7O6S2/c1-13-20-49-23(5)40(12)50-48-41(15-3)22-27(34(6,7)8)38-33(47)39-29(35(9,10)11)32(46)42(16-4)26(14-2)31(45)37-25(28(43)30(36)44)21-24-18-17-19-24/h13,20,24-27,29H,5,14-19,21-22H2,1-4,6-12H3,(H2,36,44)(H,37,45)(H2,38,39,47)/b20-13-. The van der Waals surface area contributed by atoms with E-state index in [4.69, 9.17) is 10.0 Å². The molecule has 1 fully saturated rings. The molecule has 0 spiro atoms. The summed E-state index contributed by atoms with van der Waals surface area (Å²) in [5, 5.41) is 13.2. The first kappa shape index (κ1) is 45.3. The summed E-state index contributed by atoms with van der Waals surface area (Å²) in [6.45, 7) is 24.1. The Bertz CT molecular complexity index is 1200. The van der Waals surface area contributed by atoms with Crippen molar-refractivity contribution in [2.24, 2.45) is 22.5 Å². The third kappa shape index (κ3) is 14.5. The Kier molecular flexibility index (Phi) is 19.0. The second-order valence-corrected chi connectivity index (χ2v) is 16.6. The molecule has 1 aliphatic carbocycles. The number of rotatable bonds is 21. The van der Waals surface area contributed by atoms with Crippen LogP contribution in [0, 0.1) is 16.7 Å². The maximum absolute atomic E-state index is 14.2. The van der Waals surface area contributed by atoms with Gasteiger partial charge < -0.3 is 26.6 Å². The lowest BCUT2D eigenvalue weighted by Crippen LogP contribution is -2.62. The average Bonchev–Trinajstić information content (AvgIpc) is 3.01. The molecule has 0 aromatic carbocycles. The Hall–Kier alpha value is -2.75. The molecule has 0 saturated heterocycles. The fourth-order valence-corrected chi connectivity index (χ4v) is 6.37. The first-order chi connectivity index (χ1) is 23.2. The highest BCUT2D eigenvalue weighted by Gasteiger charge is 2.41. The number of likely N-dealkylation sites (N-methyl/N-ethyl adjacent to an activating group) is 2. The quantitative estimate of drug-likeness (QED) is 0.0547. The summed E-state index contributed by atoms with van der Waals surface area (Å²) in [5.74, 6) is -2.71. The topological polar surface area (TPSA) is 166 Å². The van der Waals surface area contributed by atoms with E-state index in [0.29, 0.717) is 19.5 Å². The van der Waals surface area contributed by atoms with E-state index in [9.17, 15) is 24.0 Å². The van der Waals surface area contributed by atoms with Gasteiger partial charge in [0, 0.05) is 26.7 Å². The van der Waals surface area contributed by atoms with Crippen molar-refractivity contribution in [2.45, 2.75) is 126 Å². The van der Waals surface area contributed by atoms with E-state index >= 15 is 0 Å². The number of Topliss-reactive ketones (excluding diaryl/α,β-unsaturated/α-hetero) is 1. The second-order valence-electron chi connectivity index (χ2n) is 14.8. The Morgan fingerprint density at radius 1 is 0.980 bits per heavy atom. The molecular weight excluding hydrogens is 679 g/mol. The zero-order valence-corrected chi connectivity index (χ0v) is 33.7. The monoisotopic (exact) mass is 741 g/mol. The largest absolute Gasteiger partial charge is 0.363 e. The van der Waals surface area contributed by atoms with E-state index in [0.717, 1.165) is 36.5 Å². The van der Waals surface area contributed by atoms with Crippen LogP contribution in [0.2, 0.25) is 0 Å². The van der Waals surface area contributed by atoms with Crippen LogP contribution in [-0.2, 0) is 23.5 Å². The molecule has 1 rings (SSSR count). The van der Waals surface area contributed by atoms with Crippen LogP contribution in [0.3, 0.4) is 0 Å². The lowest BCUT2D eigenvalue weighted by Gasteiger charge is -2.39. The van der Waals surface area contributed by atoms with Crippen LogP contribution < -0.4 is 21.7 Å². The minimum Gasteiger partial charge on any atom is -0.363 e. The van der Waals surface area contributed by atoms with Gasteiger partial charge in [-0.15, -0.1) is 0 Å². The highest BCUT2D eigenvalue weighted by molar-refractivity contribution is 8.06. The number of urea groups is 1. The van der Waals surface area contributed by atoms with Crippen LogP contribution in [0.1, 0.15) is 101 Å². The molecule has 13 nitrogen and oxygen atoms in total. The van der Waals surface area contributed by atoms with E-state index in [-0.39, 0.29) is 30.3 Å². The summed E-state index contributed by atoms with van der Waals surface area (Å²) >= 11 is 2.62. The smallest absolute Gasteiger partial charge is 0.315 e. The number of hydrogen-bond donors (Lipinski definition) is 4. The number of carbonyl (C=O) groups excluding carboxylic acids is 5. The number of thioether (sulfide) groups is 1. The van der Waals surface area contributed by atoms with Gasteiger partial charge in [-0.05, 0) is 48.8 Å². The third-order valence-electron chi connectivity index (χ3n) is 8.78. The van der Waals surface area contributed by atoms with Crippen molar-refractivity contribution in [3.05, 3.63) is 23.1 Å². The molecule has 286 valence electrons. The van der Waals surface area contributed by atoms with Gasteiger partial charge in [0.25, 0.3) is 5.91 Å². The summed E-state index contributed by atoms with van der Waals surface area (Å²) in [5.41, 5.74) is 4.20. The van der Waals surface area contributed by atoms with Crippen LogP contribution in [0.5, 0.6) is 0 Å². The van der Waals surface area contributed by atoms with Crippen molar-refractivity contribution in [1.82, 2.24) is 30.2 Å². The zero-order chi connectivity index (χ0) is 38.4. The molecular formula is C35H63N7O6S2. The molecule has 4 unspecified atom stereocenters. The van der Waals surface area contributed by atoms with Crippen molar-refractivity contribution in [3.63, 3.8) is 0 Å². The van der Waals surface area contributed by atoms with Crippen LogP contribution >= 0.6 is 24.0 Å². The van der Waals surface area contributed by atoms with Gasteiger partial charge in [-0.1, -0.05) is 99.1 Å². The number of nitrogens with two attached hydrogens (primary N) is 1. The third-order valence-corrected chi connectivity index (χ3v) is 10.6. The van der Waals surface area contributed by atoms with Crippen LogP contribution in [0.15, 0.2) is 23.1 Å². The lowest BCUT2D eigenvalue weighted by molar-refractivity contribution is -0.145. The highest BCUT2D eigenvalue weighted by atomic mass is 32.2. The molecule has 5 amide bonds. The Labute approximate surface area is 308 Å². The van der Waals surface area contributed by atoms with Gasteiger partial charge in [-0.2, -0.15) is 5.06 Å². The molecule has 4 atom stereocenters. The number of allylic oxidation sites excluding steroid dienone is 1. The van der Waals surface area contributed by atoms with Gasteiger partial charge in [0.15, 0.2) is 0 Å². The van der Waals surface area contributed by atoms with E-state index in [1.807, 2.05) is 78.2 Å². The zero-order valence-electron chi connectivity index (χ0n) is 32.1. The van der Waals surface area contributed by atoms with E-state index in [1.54, 1.807) is 18.9 Å². The molecule has 15 heteroatoms. The number of ketones is 1. The fourth-order valence-electron chi connectivity index (χ4n) is 5.27. The molecule has 1 saturated carbocycles. The number of hydroxylamine groups is 2. The number of nitrogens with one attached hydrogen (secondary N) is 3. The Balaban J connectivity index is 3.14. The molecule has 1 aliphatic rings. The molecule has 0 bridgehead atoms. The van der Waals surface area contributed by atoms with Gasteiger partial charge in [0.05, 0.1) is 17.1 Å². The molecule has 0 radical (unpaired) electrons.